The lowest BCUT2D eigenvalue weighted by molar-refractivity contribution is -0.143. The molecule has 0 amide bonds. The maximum Gasteiger partial charge on any atom is 0.309 e. The average molecular weight is 323 g/mol. The van der Waals surface area contributed by atoms with E-state index in [0.717, 1.165) is 31.1 Å². The fourth-order valence-corrected chi connectivity index (χ4v) is 4.06. The van der Waals surface area contributed by atoms with Crippen LogP contribution in [-0.4, -0.2) is 11.1 Å². The smallest absolute Gasteiger partial charge is 0.309 e. The van der Waals surface area contributed by atoms with Crippen molar-refractivity contribution in [1.82, 2.24) is 0 Å². The van der Waals surface area contributed by atoms with Crippen molar-refractivity contribution in [1.29, 1.82) is 0 Å². The zero-order valence-corrected chi connectivity index (χ0v) is 15.4. The number of hydrogen-bond donors (Lipinski definition) is 1. The van der Waals surface area contributed by atoms with Crippen molar-refractivity contribution in [3.63, 3.8) is 0 Å². The normalized spacial score (nSPS) is 20.4. The van der Waals surface area contributed by atoms with Crippen LogP contribution in [0.25, 0.3) is 0 Å². The van der Waals surface area contributed by atoms with E-state index in [9.17, 15) is 4.79 Å². The average Bonchev–Trinajstić information content (AvgIpc) is 3.44. The van der Waals surface area contributed by atoms with Crippen LogP contribution in [0.1, 0.15) is 116 Å². The number of carbonyl (C=O) groups is 1. The largest absolute Gasteiger partial charge is 0.481 e. The fraction of sp³-hybridized carbons (Fsp3) is 0.952. The maximum atomic E-state index is 11.1. The van der Waals surface area contributed by atoms with Gasteiger partial charge < -0.3 is 5.11 Å². The van der Waals surface area contributed by atoms with E-state index in [0.29, 0.717) is 0 Å². The number of unbranched alkanes of at least 4 members (excludes halogenated alkanes) is 9. The van der Waals surface area contributed by atoms with Crippen LogP contribution in [0.5, 0.6) is 0 Å². The van der Waals surface area contributed by atoms with E-state index in [-0.39, 0.29) is 5.41 Å². The fourth-order valence-electron chi connectivity index (χ4n) is 4.06. The molecule has 0 atom stereocenters. The second kappa shape index (κ2) is 9.08. The SMILES string of the molecule is CCC1(CCCCCCCCCCCCC2(C(=O)O)CC2)CC1. The van der Waals surface area contributed by atoms with Gasteiger partial charge in [0.2, 0.25) is 0 Å². The van der Waals surface area contributed by atoms with Gasteiger partial charge in [-0.1, -0.05) is 77.6 Å². The molecule has 0 bridgehead atoms. The lowest BCUT2D eigenvalue weighted by atomic mass is 9.95. The standard InChI is InChI=1S/C21H38O2/c1-2-20(15-16-20)13-11-9-7-5-3-4-6-8-10-12-14-21(17-18-21)19(22)23/h2-18H2,1H3,(H,22,23). The molecule has 2 heteroatoms. The summed E-state index contributed by atoms with van der Waals surface area (Å²) in [5.74, 6) is -0.552. The van der Waals surface area contributed by atoms with Crippen LogP contribution in [0.15, 0.2) is 0 Å². The van der Waals surface area contributed by atoms with Gasteiger partial charge in [0.15, 0.2) is 0 Å². The van der Waals surface area contributed by atoms with Crippen molar-refractivity contribution in [2.75, 3.05) is 0 Å². The minimum atomic E-state index is -0.552. The Kier molecular flexibility index (Phi) is 7.43. The Morgan fingerprint density at radius 1 is 0.739 bits per heavy atom. The van der Waals surface area contributed by atoms with E-state index in [4.69, 9.17) is 5.11 Å². The highest BCUT2D eigenvalue weighted by Gasteiger charge is 2.49. The molecule has 2 nitrogen and oxygen atoms in total. The number of carboxylic acids is 1. The molecule has 1 N–H and O–H groups in total. The predicted molar refractivity (Wildman–Crippen MR) is 96.7 cm³/mol. The van der Waals surface area contributed by atoms with Gasteiger partial charge in [0.1, 0.15) is 0 Å². The molecule has 2 saturated carbocycles. The molecule has 0 spiro atoms. The topological polar surface area (TPSA) is 37.3 Å². The molecule has 2 rings (SSSR count). The minimum Gasteiger partial charge on any atom is -0.481 e. The Morgan fingerprint density at radius 3 is 1.52 bits per heavy atom. The second-order valence-corrected chi connectivity index (χ2v) is 8.47. The molecule has 0 radical (unpaired) electrons. The quantitative estimate of drug-likeness (QED) is 0.340. The van der Waals surface area contributed by atoms with Crippen molar-refractivity contribution in [3.8, 4) is 0 Å². The van der Waals surface area contributed by atoms with Gasteiger partial charge in [-0.05, 0) is 43.9 Å². The second-order valence-electron chi connectivity index (χ2n) is 8.47. The zero-order valence-electron chi connectivity index (χ0n) is 15.4. The highest BCUT2D eigenvalue weighted by Crippen LogP contribution is 2.52. The molecule has 0 unspecified atom stereocenters. The van der Waals surface area contributed by atoms with Gasteiger partial charge in [0.05, 0.1) is 5.41 Å². The van der Waals surface area contributed by atoms with Gasteiger partial charge in [-0.15, -0.1) is 0 Å². The molecule has 0 saturated heterocycles. The first-order chi connectivity index (χ1) is 11.1. The monoisotopic (exact) mass is 322 g/mol. The molecule has 2 aliphatic carbocycles. The van der Waals surface area contributed by atoms with Crippen LogP contribution in [0.4, 0.5) is 0 Å². The third-order valence-electron chi connectivity index (χ3n) is 6.63. The van der Waals surface area contributed by atoms with Crippen LogP contribution in [0.2, 0.25) is 0 Å². The summed E-state index contributed by atoms with van der Waals surface area (Å²) >= 11 is 0. The summed E-state index contributed by atoms with van der Waals surface area (Å²) in [5.41, 5.74) is 0.497. The highest BCUT2D eigenvalue weighted by atomic mass is 16.4. The number of aliphatic carboxylic acids is 1. The van der Waals surface area contributed by atoms with E-state index < -0.39 is 5.97 Å². The lowest BCUT2D eigenvalue weighted by Gasteiger charge is -2.11. The number of carboxylic acid groups (broad SMARTS) is 1. The summed E-state index contributed by atoms with van der Waals surface area (Å²) in [6.07, 6.45) is 22.2. The maximum absolute atomic E-state index is 11.1. The van der Waals surface area contributed by atoms with Crippen molar-refractivity contribution in [2.45, 2.75) is 116 Å². The van der Waals surface area contributed by atoms with Gasteiger partial charge in [0.25, 0.3) is 0 Å². The molecule has 2 fully saturated rings. The molecule has 0 aromatic heterocycles. The Hall–Kier alpha value is -0.530. The minimum absolute atomic E-state index is 0.295. The van der Waals surface area contributed by atoms with Crippen LogP contribution < -0.4 is 0 Å². The number of rotatable bonds is 15. The first-order valence-corrected chi connectivity index (χ1v) is 10.4. The molecular weight excluding hydrogens is 284 g/mol. The van der Waals surface area contributed by atoms with Crippen molar-refractivity contribution in [3.05, 3.63) is 0 Å². The van der Waals surface area contributed by atoms with Gasteiger partial charge >= 0.3 is 5.97 Å². The molecule has 0 aromatic carbocycles. The van der Waals surface area contributed by atoms with Gasteiger partial charge in [-0.3, -0.25) is 4.79 Å². The molecule has 23 heavy (non-hydrogen) atoms. The van der Waals surface area contributed by atoms with Crippen LogP contribution >= 0.6 is 0 Å². The van der Waals surface area contributed by atoms with Crippen molar-refractivity contribution in [2.24, 2.45) is 10.8 Å². The molecule has 134 valence electrons. The van der Waals surface area contributed by atoms with Gasteiger partial charge in [0, 0.05) is 0 Å². The van der Waals surface area contributed by atoms with E-state index in [1.165, 1.54) is 83.5 Å². The van der Waals surface area contributed by atoms with Crippen LogP contribution in [0.3, 0.4) is 0 Å². The van der Waals surface area contributed by atoms with E-state index in [2.05, 4.69) is 6.92 Å². The Labute approximate surface area is 143 Å². The molecule has 2 aliphatic rings. The van der Waals surface area contributed by atoms with Crippen LogP contribution in [-0.2, 0) is 4.79 Å². The van der Waals surface area contributed by atoms with Gasteiger partial charge in [-0.25, -0.2) is 0 Å². The van der Waals surface area contributed by atoms with Gasteiger partial charge in [-0.2, -0.15) is 0 Å². The molecule has 0 aliphatic heterocycles. The lowest BCUT2D eigenvalue weighted by Crippen LogP contribution is -2.14. The molecule has 0 heterocycles. The zero-order chi connectivity index (χ0) is 16.6. The third-order valence-corrected chi connectivity index (χ3v) is 6.63. The first-order valence-electron chi connectivity index (χ1n) is 10.4. The van der Waals surface area contributed by atoms with Crippen molar-refractivity contribution < 1.29 is 9.90 Å². The predicted octanol–water partition coefficient (Wildman–Crippen LogP) is 6.72. The Morgan fingerprint density at radius 2 is 1.17 bits per heavy atom. The summed E-state index contributed by atoms with van der Waals surface area (Å²) in [7, 11) is 0. The van der Waals surface area contributed by atoms with E-state index >= 15 is 0 Å². The summed E-state index contributed by atoms with van der Waals surface area (Å²) in [5, 5.41) is 9.13. The third kappa shape index (κ3) is 6.47. The summed E-state index contributed by atoms with van der Waals surface area (Å²) < 4.78 is 0. The van der Waals surface area contributed by atoms with E-state index in [1.807, 2.05) is 0 Å². The Balaban J connectivity index is 1.29. The van der Waals surface area contributed by atoms with Crippen molar-refractivity contribution >= 4 is 5.97 Å². The van der Waals surface area contributed by atoms with E-state index in [1.54, 1.807) is 0 Å². The summed E-state index contributed by atoms with van der Waals surface area (Å²) in [6, 6.07) is 0. The highest BCUT2D eigenvalue weighted by molar-refractivity contribution is 5.77. The Bertz CT molecular complexity index is 353. The first kappa shape index (κ1) is 18.8. The summed E-state index contributed by atoms with van der Waals surface area (Å²) in [6.45, 7) is 2.36. The van der Waals surface area contributed by atoms with Crippen LogP contribution in [0, 0.1) is 10.8 Å². The summed E-state index contributed by atoms with van der Waals surface area (Å²) in [4.78, 5) is 11.1. The number of hydrogen-bond acceptors (Lipinski definition) is 1. The molecule has 0 aromatic rings. The molecular formula is C21H38O2.